The first-order valence-corrected chi connectivity index (χ1v) is 11.8. The number of carbonyl (C=O) groups excluding carboxylic acids is 4. The molecule has 5 atom stereocenters. The third-order valence-corrected chi connectivity index (χ3v) is 6.08. The smallest absolute Gasteiger partial charge is 0.326 e. The molecule has 4 amide bonds. The Morgan fingerprint density at radius 2 is 1.65 bits per heavy atom. The number of rotatable bonds is 14. The van der Waals surface area contributed by atoms with Gasteiger partial charge in [0.2, 0.25) is 23.6 Å². The Bertz CT molecular complexity index is 1130. The zero-order valence-corrected chi connectivity index (χ0v) is 20.7. The maximum atomic E-state index is 13.1. The Labute approximate surface area is 213 Å². The van der Waals surface area contributed by atoms with Crippen molar-refractivity contribution in [2.45, 2.75) is 57.3 Å². The second-order valence-electron chi connectivity index (χ2n) is 8.86. The normalized spacial score (nSPS) is 15.1. The van der Waals surface area contributed by atoms with Crippen LogP contribution in [0.25, 0.3) is 10.9 Å². The van der Waals surface area contributed by atoms with Gasteiger partial charge in [0, 0.05) is 23.5 Å². The van der Waals surface area contributed by atoms with E-state index in [0.717, 1.165) is 10.9 Å². The van der Waals surface area contributed by atoms with Crippen molar-refractivity contribution in [1.82, 2.24) is 20.9 Å². The molecule has 1 heterocycles. The molecular weight excluding hydrogens is 484 g/mol. The van der Waals surface area contributed by atoms with E-state index in [1.807, 2.05) is 24.3 Å². The molecule has 1 aromatic carbocycles. The van der Waals surface area contributed by atoms with Crippen LogP contribution < -0.4 is 27.4 Å². The predicted molar refractivity (Wildman–Crippen MR) is 134 cm³/mol. The molecule has 0 radical (unpaired) electrons. The molecule has 0 bridgehead atoms. The van der Waals surface area contributed by atoms with Gasteiger partial charge in [0.05, 0.1) is 19.1 Å². The van der Waals surface area contributed by atoms with Crippen LogP contribution in [0.2, 0.25) is 0 Å². The topological polar surface area (TPSA) is 230 Å². The van der Waals surface area contributed by atoms with Crippen LogP contribution in [0.1, 0.15) is 32.3 Å². The van der Waals surface area contributed by atoms with Gasteiger partial charge in [0.25, 0.3) is 0 Å². The van der Waals surface area contributed by atoms with E-state index in [9.17, 15) is 34.2 Å². The number of carboxylic acid groups (broad SMARTS) is 1. The maximum Gasteiger partial charge on any atom is 0.326 e. The lowest BCUT2D eigenvalue weighted by Crippen LogP contribution is -2.59. The van der Waals surface area contributed by atoms with Crippen molar-refractivity contribution in [3.05, 3.63) is 36.0 Å². The number of aliphatic carboxylic acids is 1. The van der Waals surface area contributed by atoms with Crippen LogP contribution in [0.4, 0.5) is 0 Å². The molecule has 202 valence electrons. The van der Waals surface area contributed by atoms with Crippen LogP contribution >= 0.6 is 0 Å². The van der Waals surface area contributed by atoms with Crippen molar-refractivity contribution in [2.24, 2.45) is 17.4 Å². The fourth-order valence-electron chi connectivity index (χ4n) is 3.72. The number of carbonyl (C=O) groups is 5. The van der Waals surface area contributed by atoms with Crippen molar-refractivity contribution in [2.75, 3.05) is 6.61 Å². The van der Waals surface area contributed by atoms with E-state index in [0.29, 0.717) is 12.0 Å². The molecule has 0 spiro atoms. The highest BCUT2D eigenvalue weighted by Crippen LogP contribution is 2.19. The number of carboxylic acids is 1. The fourth-order valence-corrected chi connectivity index (χ4v) is 3.72. The third-order valence-electron chi connectivity index (χ3n) is 6.08. The molecule has 2 rings (SSSR count). The van der Waals surface area contributed by atoms with E-state index in [-0.39, 0.29) is 6.42 Å². The highest BCUT2D eigenvalue weighted by atomic mass is 16.4. The van der Waals surface area contributed by atoms with Gasteiger partial charge in [0.15, 0.2) is 0 Å². The molecule has 10 N–H and O–H groups in total. The molecule has 13 nitrogen and oxygen atoms in total. The van der Waals surface area contributed by atoms with Gasteiger partial charge in [-0.2, -0.15) is 0 Å². The number of nitrogens with one attached hydrogen (secondary N) is 4. The number of fused-ring (bicyclic) bond motifs is 1. The number of aromatic amines is 1. The summed E-state index contributed by atoms with van der Waals surface area (Å²) in [6.07, 6.45) is 1.67. The minimum absolute atomic E-state index is 0.000662. The van der Waals surface area contributed by atoms with Crippen LogP contribution in [-0.2, 0) is 30.4 Å². The summed E-state index contributed by atoms with van der Waals surface area (Å²) in [4.78, 5) is 64.1. The average Bonchev–Trinajstić information content (AvgIpc) is 3.26. The molecule has 0 aliphatic carbocycles. The Hall–Kier alpha value is -3.97. The minimum atomic E-state index is -1.47. The van der Waals surface area contributed by atoms with Gasteiger partial charge >= 0.3 is 5.97 Å². The highest BCUT2D eigenvalue weighted by Gasteiger charge is 2.33. The summed E-state index contributed by atoms with van der Waals surface area (Å²) >= 11 is 0. The Morgan fingerprint density at radius 1 is 1.00 bits per heavy atom. The third kappa shape index (κ3) is 8.02. The maximum absolute atomic E-state index is 13.1. The number of benzene rings is 1. The van der Waals surface area contributed by atoms with Crippen molar-refractivity contribution in [3.63, 3.8) is 0 Å². The summed E-state index contributed by atoms with van der Waals surface area (Å²) < 4.78 is 0. The lowest BCUT2D eigenvalue weighted by Gasteiger charge is -2.27. The van der Waals surface area contributed by atoms with E-state index in [1.54, 1.807) is 20.0 Å². The Kier molecular flexibility index (Phi) is 10.6. The summed E-state index contributed by atoms with van der Waals surface area (Å²) in [5.41, 5.74) is 12.1. The first kappa shape index (κ1) is 29.3. The van der Waals surface area contributed by atoms with E-state index in [2.05, 4.69) is 20.9 Å². The molecule has 5 unspecified atom stereocenters. The minimum Gasteiger partial charge on any atom is -0.480 e. The SMILES string of the molecule is CCC(C)C(NC(=O)C(CO)NC(=O)C(N)CC(N)=O)C(=O)NC(Cc1c[nH]c2ccccc12)C(=O)O. The number of para-hydroxylation sites is 1. The first-order chi connectivity index (χ1) is 17.5. The molecule has 0 saturated carbocycles. The van der Waals surface area contributed by atoms with Crippen molar-refractivity contribution in [3.8, 4) is 0 Å². The highest BCUT2D eigenvalue weighted by molar-refractivity contribution is 5.95. The largest absolute Gasteiger partial charge is 0.480 e. The molecule has 0 fully saturated rings. The first-order valence-electron chi connectivity index (χ1n) is 11.8. The monoisotopic (exact) mass is 518 g/mol. The fraction of sp³-hybridized carbons (Fsp3) is 0.458. The second kappa shape index (κ2) is 13.4. The lowest BCUT2D eigenvalue weighted by molar-refractivity contribution is -0.142. The predicted octanol–water partition coefficient (Wildman–Crippen LogP) is -1.51. The van der Waals surface area contributed by atoms with Gasteiger partial charge in [-0.25, -0.2) is 4.79 Å². The summed E-state index contributed by atoms with van der Waals surface area (Å²) in [6.45, 7) is 2.66. The lowest BCUT2D eigenvalue weighted by atomic mass is 9.97. The van der Waals surface area contributed by atoms with Crippen LogP contribution in [-0.4, -0.2) is 75.6 Å². The Morgan fingerprint density at radius 3 is 2.24 bits per heavy atom. The average molecular weight is 519 g/mol. The number of hydrogen-bond donors (Lipinski definition) is 8. The van der Waals surface area contributed by atoms with Gasteiger partial charge in [-0.3, -0.25) is 19.2 Å². The van der Waals surface area contributed by atoms with Crippen LogP contribution in [0, 0.1) is 5.92 Å². The summed E-state index contributed by atoms with van der Waals surface area (Å²) in [6, 6.07) is 2.11. The van der Waals surface area contributed by atoms with Gasteiger partial charge in [0.1, 0.15) is 18.1 Å². The summed E-state index contributed by atoms with van der Waals surface area (Å²) in [5.74, 6) is -4.99. The molecule has 2 aromatic rings. The van der Waals surface area contributed by atoms with E-state index < -0.39 is 72.7 Å². The summed E-state index contributed by atoms with van der Waals surface area (Å²) in [5, 5.41) is 27.4. The molecular formula is C24H34N6O7. The van der Waals surface area contributed by atoms with Crippen molar-refractivity contribution in [1.29, 1.82) is 0 Å². The van der Waals surface area contributed by atoms with Gasteiger partial charge in [-0.1, -0.05) is 38.5 Å². The molecule has 1 aromatic heterocycles. The molecule has 0 saturated heterocycles. The molecule has 37 heavy (non-hydrogen) atoms. The van der Waals surface area contributed by atoms with Gasteiger partial charge < -0.3 is 42.6 Å². The quantitative estimate of drug-likeness (QED) is 0.146. The Balaban J connectivity index is 2.14. The molecule has 0 aliphatic rings. The van der Waals surface area contributed by atoms with Crippen LogP contribution in [0.3, 0.4) is 0 Å². The zero-order chi connectivity index (χ0) is 27.7. The van der Waals surface area contributed by atoms with Gasteiger partial charge in [-0.15, -0.1) is 0 Å². The number of aliphatic hydroxyl groups is 1. The number of primary amides is 1. The number of hydrogen-bond acceptors (Lipinski definition) is 7. The second-order valence-corrected chi connectivity index (χ2v) is 8.86. The standard InChI is InChI=1S/C24H34N6O7/c1-3-12(2)20(30-22(34)18(11-31)29-21(33)15(25)9-19(26)32)23(35)28-17(24(36)37)8-13-10-27-16-7-5-4-6-14(13)16/h4-7,10,12,15,17-18,20,27,31H,3,8-9,11,25H2,1-2H3,(H2,26,32)(H,28,35)(H,29,33)(H,30,34)(H,36,37). The van der Waals surface area contributed by atoms with E-state index in [1.165, 1.54) is 0 Å². The number of nitrogens with two attached hydrogens (primary N) is 2. The zero-order valence-electron chi connectivity index (χ0n) is 20.7. The van der Waals surface area contributed by atoms with Crippen LogP contribution in [0.15, 0.2) is 30.5 Å². The van der Waals surface area contributed by atoms with Crippen molar-refractivity contribution >= 4 is 40.5 Å². The summed E-state index contributed by atoms with van der Waals surface area (Å²) in [7, 11) is 0. The van der Waals surface area contributed by atoms with Crippen LogP contribution in [0.5, 0.6) is 0 Å². The van der Waals surface area contributed by atoms with Gasteiger partial charge in [-0.05, 0) is 17.5 Å². The number of aromatic nitrogens is 1. The molecule has 13 heteroatoms. The number of amides is 4. The number of aliphatic hydroxyl groups excluding tert-OH is 1. The van der Waals surface area contributed by atoms with Crippen molar-refractivity contribution < 1.29 is 34.2 Å². The van der Waals surface area contributed by atoms with E-state index in [4.69, 9.17) is 11.5 Å². The number of H-pyrrole nitrogens is 1. The van der Waals surface area contributed by atoms with E-state index >= 15 is 0 Å². The molecule has 0 aliphatic heterocycles.